The lowest BCUT2D eigenvalue weighted by Gasteiger charge is -2.39. The molecule has 0 bridgehead atoms. The predicted molar refractivity (Wildman–Crippen MR) is 113 cm³/mol. The highest BCUT2D eigenvalue weighted by Crippen LogP contribution is 2.44. The fraction of sp³-hybridized carbons (Fsp3) is 0.889. The number of hydrogen-bond donors (Lipinski definition) is 1. The number of carbonyl (C=O) groups is 1. The van der Waals surface area contributed by atoms with Crippen molar-refractivity contribution in [3.63, 3.8) is 0 Å². The molecule has 2 unspecified atom stereocenters. The van der Waals surface area contributed by atoms with Crippen molar-refractivity contribution in [3.05, 3.63) is 0 Å². The van der Waals surface area contributed by atoms with Crippen LogP contribution in [0.4, 0.5) is 0 Å². The molecular weight excluding hydrogens is 429 g/mol. The molecule has 1 amide bonds. The van der Waals surface area contributed by atoms with Gasteiger partial charge in [0.25, 0.3) is 0 Å². The molecule has 2 atom stereocenters. The van der Waals surface area contributed by atoms with Gasteiger partial charge in [-0.1, -0.05) is 13.8 Å². The van der Waals surface area contributed by atoms with Crippen LogP contribution in [0.2, 0.25) is 0 Å². The SMILES string of the molecule is CN=C(NC1CC1(C)C)N1CCN(C(C)C(=O)N2CCCC2)CC1.I. The lowest BCUT2D eigenvalue weighted by Crippen LogP contribution is -2.57. The highest BCUT2D eigenvalue weighted by molar-refractivity contribution is 14.0. The van der Waals surface area contributed by atoms with E-state index in [4.69, 9.17) is 0 Å². The maximum absolute atomic E-state index is 12.6. The van der Waals surface area contributed by atoms with Crippen molar-refractivity contribution in [2.45, 2.75) is 52.1 Å². The molecule has 144 valence electrons. The van der Waals surface area contributed by atoms with Gasteiger partial charge in [0.2, 0.25) is 5.91 Å². The van der Waals surface area contributed by atoms with Crippen molar-refractivity contribution in [1.82, 2.24) is 20.0 Å². The minimum atomic E-state index is 0. The van der Waals surface area contributed by atoms with Crippen molar-refractivity contribution in [2.75, 3.05) is 46.3 Å². The van der Waals surface area contributed by atoms with Gasteiger partial charge in [0.15, 0.2) is 5.96 Å². The number of amides is 1. The van der Waals surface area contributed by atoms with Crippen LogP contribution in [0.5, 0.6) is 0 Å². The first-order chi connectivity index (χ1) is 11.4. The minimum Gasteiger partial charge on any atom is -0.353 e. The van der Waals surface area contributed by atoms with E-state index in [1.807, 2.05) is 11.9 Å². The van der Waals surface area contributed by atoms with Gasteiger partial charge in [0.1, 0.15) is 0 Å². The largest absolute Gasteiger partial charge is 0.353 e. The van der Waals surface area contributed by atoms with Gasteiger partial charge in [-0.25, -0.2) is 0 Å². The van der Waals surface area contributed by atoms with Gasteiger partial charge in [0, 0.05) is 52.4 Å². The lowest BCUT2D eigenvalue weighted by molar-refractivity contribution is -0.135. The van der Waals surface area contributed by atoms with E-state index in [-0.39, 0.29) is 30.0 Å². The molecule has 0 aromatic carbocycles. The Hall–Kier alpha value is -0.570. The van der Waals surface area contributed by atoms with E-state index in [0.29, 0.717) is 17.4 Å². The molecule has 0 spiro atoms. The van der Waals surface area contributed by atoms with Crippen LogP contribution in [0.3, 0.4) is 0 Å². The highest BCUT2D eigenvalue weighted by Gasteiger charge is 2.46. The number of likely N-dealkylation sites (tertiary alicyclic amines) is 1. The molecule has 7 heteroatoms. The maximum atomic E-state index is 12.6. The van der Waals surface area contributed by atoms with Crippen LogP contribution in [0.25, 0.3) is 0 Å². The number of nitrogens with one attached hydrogen (secondary N) is 1. The zero-order chi connectivity index (χ0) is 17.3. The van der Waals surface area contributed by atoms with Crippen LogP contribution in [0.1, 0.15) is 40.0 Å². The van der Waals surface area contributed by atoms with Gasteiger partial charge in [-0.2, -0.15) is 0 Å². The number of halogens is 1. The molecule has 1 saturated carbocycles. The third-order valence-electron chi connectivity index (χ3n) is 5.97. The Morgan fingerprint density at radius 2 is 1.64 bits per heavy atom. The Morgan fingerprint density at radius 1 is 1.08 bits per heavy atom. The number of carbonyl (C=O) groups excluding carboxylic acids is 1. The van der Waals surface area contributed by atoms with Crippen LogP contribution in [-0.4, -0.2) is 85.0 Å². The van der Waals surface area contributed by atoms with Crippen LogP contribution >= 0.6 is 24.0 Å². The van der Waals surface area contributed by atoms with E-state index in [0.717, 1.165) is 58.1 Å². The Balaban J connectivity index is 0.00000225. The van der Waals surface area contributed by atoms with Crippen LogP contribution in [-0.2, 0) is 4.79 Å². The summed E-state index contributed by atoms with van der Waals surface area (Å²) in [4.78, 5) is 23.7. The van der Waals surface area contributed by atoms with Crippen molar-refractivity contribution in [3.8, 4) is 0 Å². The lowest BCUT2D eigenvalue weighted by atomic mass is 10.2. The van der Waals surface area contributed by atoms with E-state index in [2.05, 4.69) is 40.9 Å². The molecule has 3 aliphatic rings. The number of nitrogens with zero attached hydrogens (tertiary/aromatic N) is 4. The zero-order valence-electron chi connectivity index (χ0n) is 16.1. The fourth-order valence-corrected chi connectivity index (χ4v) is 3.85. The first kappa shape index (κ1) is 20.7. The van der Waals surface area contributed by atoms with E-state index < -0.39 is 0 Å². The third-order valence-corrected chi connectivity index (χ3v) is 5.97. The van der Waals surface area contributed by atoms with Crippen LogP contribution < -0.4 is 5.32 Å². The van der Waals surface area contributed by atoms with Crippen LogP contribution in [0, 0.1) is 5.41 Å². The number of rotatable bonds is 3. The Kier molecular flexibility index (Phi) is 6.98. The van der Waals surface area contributed by atoms with E-state index >= 15 is 0 Å². The summed E-state index contributed by atoms with van der Waals surface area (Å²) < 4.78 is 0. The van der Waals surface area contributed by atoms with E-state index in [1.54, 1.807) is 0 Å². The summed E-state index contributed by atoms with van der Waals surface area (Å²) in [6.07, 6.45) is 3.53. The molecule has 0 radical (unpaired) electrons. The molecule has 1 N–H and O–H groups in total. The second-order valence-electron chi connectivity index (χ2n) is 8.17. The van der Waals surface area contributed by atoms with Gasteiger partial charge < -0.3 is 15.1 Å². The molecule has 2 heterocycles. The first-order valence-corrected chi connectivity index (χ1v) is 9.43. The average Bonchev–Trinajstić information content (AvgIpc) is 2.97. The van der Waals surface area contributed by atoms with Crippen molar-refractivity contribution >= 4 is 35.8 Å². The Labute approximate surface area is 169 Å². The average molecular weight is 463 g/mol. The van der Waals surface area contributed by atoms with Crippen molar-refractivity contribution in [1.29, 1.82) is 0 Å². The summed E-state index contributed by atoms with van der Waals surface area (Å²) in [5.74, 6) is 1.33. The highest BCUT2D eigenvalue weighted by atomic mass is 127. The van der Waals surface area contributed by atoms with Crippen molar-refractivity contribution < 1.29 is 4.79 Å². The molecule has 2 aliphatic heterocycles. The van der Waals surface area contributed by atoms with Gasteiger partial charge >= 0.3 is 0 Å². The van der Waals surface area contributed by atoms with E-state index in [1.165, 1.54) is 6.42 Å². The molecular formula is C18H34IN5O. The number of piperazine rings is 1. The molecule has 2 saturated heterocycles. The summed E-state index contributed by atoms with van der Waals surface area (Å²) in [5.41, 5.74) is 0.397. The van der Waals surface area contributed by atoms with Gasteiger partial charge in [-0.05, 0) is 31.6 Å². The van der Waals surface area contributed by atoms with Gasteiger partial charge in [-0.15, -0.1) is 24.0 Å². The predicted octanol–water partition coefficient (Wildman–Crippen LogP) is 1.61. The molecule has 0 aromatic heterocycles. The Bertz CT molecular complexity index is 496. The molecule has 1 aliphatic carbocycles. The van der Waals surface area contributed by atoms with Gasteiger partial charge in [-0.3, -0.25) is 14.7 Å². The third kappa shape index (κ3) is 4.78. The quantitative estimate of drug-likeness (QED) is 0.393. The summed E-state index contributed by atoms with van der Waals surface area (Å²) in [7, 11) is 1.86. The second-order valence-corrected chi connectivity index (χ2v) is 8.17. The summed E-state index contributed by atoms with van der Waals surface area (Å²) in [6, 6.07) is 0.549. The monoisotopic (exact) mass is 463 g/mol. The summed E-state index contributed by atoms with van der Waals surface area (Å²) in [5, 5.41) is 3.59. The topological polar surface area (TPSA) is 51.2 Å². The first-order valence-electron chi connectivity index (χ1n) is 9.43. The number of aliphatic imine (C=N–C) groups is 1. The summed E-state index contributed by atoms with van der Waals surface area (Å²) >= 11 is 0. The second kappa shape index (κ2) is 8.41. The van der Waals surface area contributed by atoms with Crippen molar-refractivity contribution in [2.24, 2.45) is 10.4 Å². The molecule has 6 nitrogen and oxygen atoms in total. The standard InChI is InChI=1S/C18H33N5O.HI/c1-14(16(24)22-7-5-6-8-22)21-9-11-23(12-10-21)17(19-4)20-15-13-18(15,2)3;/h14-15H,5-13H2,1-4H3,(H,19,20);1H. The smallest absolute Gasteiger partial charge is 0.239 e. The minimum absolute atomic E-state index is 0. The molecule has 0 aromatic rings. The fourth-order valence-electron chi connectivity index (χ4n) is 3.85. The normalized spacial score (nSPS) is 27.7. The Morgan fingerprint density at radius 3 is 2.12 bits per heavy atom. The molecule has 3 rings (SSSR count). The zero-order valence-corrected chi connectivity index (χ0v) is 18.5. The van der Waals surface area contributed by atoms with E-state index in [9.17, 15) is 4.79 Å². The molecule has 3 fully saturated rings. The van der Waals surface area contributed by atoms with Gasteiger partial charge in [0.05, 0.1) is 6.04 Å². The molecule has 25 heavy (non-hydrogen) atoms. The summed E-state index contributed by atoms with van der Waals surface area (Å²) in [6.45, 7) is 12.3. The number of hydrogen-bond acceptors (Lipinski definition) is 3. The van der Waals surface area contributed by atoms with Crippen LogP contribution in [0.15, 0.2) is 4.99 Å². The number of guanidine groups is 1. The maximum Gasteiger partial charge on any atom is 0.239 e.